The number of nitrogen functional groups attached to an aromatic ring is 1. The van der Waals surface area contributed by atoms with Gasteiger partial charge in [-0.15, -0.1) is 5.10 Å². The number of ether oxygens (including phenoxy) is 2. The van der Waals surface area contributed by atoms with Gasteiger partial charge in [0.05, 0.1) is 25.1 Å². The van der Waals surface area contributed by atoms with Crippen molar-refractivity contribution in [3.63, 3.8) is 0 Å². The molecule has 37 heavy (non-hydrogen) atoms. The Balaban J connectivity index is 1.28. The first-order chi connectivity index (χ1) is 18.2. The summed E-state index contributed by atoms with van der Waals surface area (Å²) in [5.41, 5.74) is 10.8. The Kier molecular flexibility index (Phi) is 7.43. The van der Waals surface area contributed by atoms with Crippen LogP contribution in [0.1, 0.15) is 27.3 Å². The number of aromatic nitrogens is 5. The summed E-state index contributed by atoms with van der Waals surface area (Å²) < 4.78 is 17.3. The number of benzene rings is 2. The number of nitrogens with two attached hydrogens (primary N) is 1. The molecule has 13 heteroatoms. The predicted octanol–water partition coefficient (Wildman–Crippen LogP) is 1.41. The molecule has 2 aromatic carbocycles. The van der Waals surface area contributed by atoms with Crippen molar-refractivity contribution >= 4 is 17.9 Å². The molecule has 0 saturated carbocycles. The molecule has 3 N–H and O–H groups in total. The zero-order valence-electron chi connectivity index (χ0n) is 19.9. The molecule has 2 aromatic heterocycles. The number of hydrogen-bond donors (Lipinski definition) is 2. The number of carbonyl (C=O) groups is 1. The molecule has 0 atom stereocenters. The number of carbonyl (C=O) groups excluding carboxylic acids is 1. The molecule has 1 amide bonds. The summed E-state index contributed by atoms with van der Waals surface area (Å²) in [6.07, 6.45) is 1.53. The largest absolute Gasteiger partial charge is 0.489 e. The maximum Gasteiger partial charge on any atom is 0.293 e. The van der Waals surface area contributed by atoms with Gasteiger partial charge in [-0.2, -0.15) is 9.78 Å². The third-order valence-corrected chi connectivity index (χ3v) is 5.64. The first-order valence-electron chi connectivity index (χ1n) is 11.6. The number of anilines is 1. The van der Waals surface area contributed by atoms with Crippen LogP contribution >= 0.6 is 0 Å². The van der Waals surface area contributed by atoms with E-state index in [1.54, 1.807) is 0 Å². The number of amides is 1. The maximum atomic E-state index is 13.0. The number of rotatable bonds is 9. The fourth-order valence-electron chi connectivity index (χ4n) is 3.74. The highest BCUT2D eigenvalue weighted by Crippen LogP contribution is 2.18. The van der Waals surface area contributed by atoms with Crippen LogP contribution in [0.3, 0.4) is 0 Å². The van der Waals surface area contributed by atoms with Crippen LogP contribution in [-0.2, 0) is 17.9 Å². The van der Waals surface area contributed by atoms with Crippen LogP contribution in [0, 0.1) is 0 Å². The summed E-state index contributed by atoms with van der Waals surface area (Å²) in [6, 6.07) is 17.3. The van der Waals surface area contributed by atoms with Gasteiger partial charge >= 0.3 is 0 Å². The Bertz CT molecular complexity index is 1360. The lowest BCUT2D eigenvalue weighted by atomic mass is 10.2. The standard InChI is InChI=1S/C24H25N9O4/c25-22-23(30-37-29-22)33-20(15-32-9-11-35-12-10-32)21(27-31-33)24(34)28-26-14-18-7-4-8-19(13-18)36-16-17-5-2-1-3-6-17/h1-8,13-14H,9-12,15-16H2,(H2,25,29)(H,28,34)/b26-14+. The minimum Gasteiger partial charge on any atom is -0.489 e. The van der Waals surface area contributed by atoms with E-state index in [9.17, 15) is 4.79 Å². The maximum absolute atomic E-state index is 13.0. The van der Waals surface area contributed by atoms with Gasteiger partial charge in [0, 0.05) is 19.6 Å². The summed E-state index contributed by atoms with van der Waals surface area (Å²) in [6.45, 7) is 3.39. The number of hydrogen-bond acceptors (Lipinski definition) is 11. The predicted molar refractivity (Wildman–Crippen MR) is 132 cm³/mol. The summed E-state index contributed by atoms with van der Waals surface area (Å²) in [7, 11) is 0. The van der Waals surface area contributed by atoms with Gasteiger partial charge in [-0.3, -0.25) is 9.69 Å². The van der Waals surface area contributed by atoms with E-state index in [4.69, 9.17) is 19.8 Å². The number of hydrazone groups is 1. The second-order valence-corrected chi connectivity index (χ2v) is 8.20. The molecule has 5 rings (SSSR count). The average molecular weight is 504 g/mol. The van der Waals surface area contributed by atoms with Crippen LogP contribution in [0.15, 0.2) is 64.3 Å². The van der Waals surface area contributed by atoms with E-state index in [1.807, 2.05) is 54.6 Å². The molecule has 4 aromatic rings. The van der Waals surface area contributed by atoms with Crippen molar-refractivity contribution in [2.24, 2.45) is 5.10 Å². The first kappa shape index (κ1) is 24.1. The van der Waals surface area contributed by atoms with Gasteiger partial charge in [0.25, 0.3) is 5.91 Å². The average Bonchev–Trinajstić information content (AvgIpc) is 3.54. The van der Waals surface area contributed by atoms with Crippen molar-refractivity contribution < 1.29 is 18.9 Å². The third-order valence-electron chi connectivity index (χ3n) is 5.64. The van der Waals surface area contributed by atoms with Crippen LogP contribution < -0.4 is 15.9 Å². The number of nitrogens with zero attached hydrogens (tertiary/aromatic N) is 7. The van der Waals surface area contributed by atoms with Crippen molar-refractivity contribution in [2.75, 3.05) is 32.0 Å². The molecule has 190 valence electrons. The molecule has 0 radical (unpaired) electrons. The van der Waals surface area contributed by atoms with E-state index in [0.717, 1.165) is 11.1 Å². The van der Waals surface area contributed by atoms with E-state index in [-0.39, 0.29) is 17.3 Å². The fourth-order valence-corrected chi connectivity index (χ4v) is 3.74. The topological polar surface area (TPSA) is 159 Å². The van der Waals surface area contributed by atoms with Crippen molar-refractivity contribution in [1.29, 1.82) is 0 Å². The molecule has 0 unspecified atom stereocenters. The van der Waals surface area contributed by atoms with Crippen LogP contribution in [-0.4, -0.2) is 68.6 Å². The molecular weight excluding hydrogens is 478 g/mol. The third kappa shape index (κ3) is 5.97. The van der Waals surface area contributed by atoms with E-state index >= 15 is 0 Å². The Hall–Kier alpha value is -4.62. The van der Waals surface area contributed by atoms with E-state index < -0.39 is 5.91 Å². The molecule has 3 heterocycles. The van der Waals surface area contributed by atoms with Crippen molar-refractivity contribution in [1.82, 2.24) is 35.6 Å². The fraction of sp³-hybridized carbons (Fsp3) is 0.250. The smallest absolute Gasteiger partial charge is 0.293 e. The van der Waals surface area contributed by atoms with Crippen molar-refractivity contribution in [3.8, 4) is 11.6 Å². The van der Waals surface area contributed by atoms with Gasteiger partial charge in [0.1, 0.15) is 12.4 Å². The van der Waals surface area contributed by atoms with Gasteiger partial charge in [-0.1, -0.05) is 47.7 Å². The van der Waals surface area contributed by atoms with Crippen LogP contribution in [0.25, 0.3) is 5.82 Å². The highest BCUT2D eigenvalue weighted by molar-refractivity contribution is 5.94. The summed E-state index contributed by atoms with van der Waals surface area (Å²) >= 11 is 0. The summed E-state index contributed by atoms with van der Waals surface area (Å²) in [4.78, 5) is 15.1. The lowest BCUT2D eigenvalue weighted by Gasteiger charge is -2.26. The summed E-state index contributed by atoms with van der Waals surface area (Å²) in [5, 5.41) is 19.6. The van der Waals surface area contributed by atoms with Gasteiger partial charge in [0.15, 0.2) is 5.69 Å². The van der Waals surface area contributed by atoms with E-state index in [1.165, 1.54) is 10.9 Å². The minimum absolute atomic E-state index is 0.0347. The van der Waals surface area contributed by atoms with Crippen LogP contribution in [0.4, 0.5) is 5.82 Å². The SMILES string of the molecule is Nc1nonc1-n1nnc(C(=O)N/N=C/c2cccc(OCc3ccccc3)c2)c1CN1CCOCC1. The molecule has 1 aliphatic rings. The van der Waals surface area contributed by atoms with Crippen LogP contribution in [0.2, 0.25) is 0 Å². The Labute approximate surface area is 211 Å². The molecular formula is C24H25N9O4. The monoisotopic (exact) mass is 503 g/mol. The van der Waals surface area contributed by atoms with E-state index in [0.29, 0.717) is 50.9 Å². The second-order valence-electron chi connectivity index (χ2n) is 8.20. The molecule has 0 aliphatic carbocycles. The Morgan fingerprint density at radius 2 is 1.97 bits per heavy atom. The second kappa shape index (κ2) is 11.4. The molecule has 1 saturated heterocycles. The molecule has 1 aliphatic heterocycles. The Morgan fingerprint density at radius 1 is 1.14 bits per heavy atom. The zero-order chi connectivity index (χ0) is 25.5. The molecule has 0 spiro atoms. The van der Waals surface area contributed by atoms with Gasteiger partial charge in [-0.25, -0.2) is 10.1 Å². The molecule has 1 fully saturated rings. The first-order valence-corrected chi connectivity index (χ1v) is 11.6. The lowest BCUT2D eigenvalue weighted by molar-refractivity contribution is 0.0332. The number of morpholine rings is 1. The highest BCUT2D eigenvalue weighted by Gasteiger charge is 2.26. The summed E-state index contributed by atoms with van der Waals surface area (Å²) in [5.74, 6) is 0.351. The zero-order valence-corrected chi connectivity index (χ0v) is 19.9. The quantitative estimate of drug-likeness (QED) is 0.253. The molecule has 0 bridgehead atoms. The van der Waals surface area contributed by atoms with Crippen molar-refractivity contribution in [3.05, 3.63) is 77.1 Å². The highest BCUT2D eigenvalue weighted by atomic mass is 16.6. The van der Waals surface area contributed by atoms with Gasteiger partial charge < -0.3 is 15.2 Å². The minimum atomic E-state index is -0.530. The Morgan fingerprint density at radius 3 is 2.76 bits per heavy atom. The van der Waals surface area contributed by atoms with Gasteiger partial charge in [0.2, 0.25) is 11.6 Å². The molecule has 13 nitrogen and oxygen atoms in total. The van der Waals surface area contributed by atoms with Gasteiger partial charge in [-0.05, 0) is 33.6 Å². The lowest BCUT2D eigenvalue weighted by Crippen LogP contribution is -2.37. The normalized spacial score (nSPS) is 14.2. The van der Waals surface area contributed by atoms with Crippen LogP contribution in [0.5, 0.6) is 5.75 Å². The number of nitrogens with one attached hydrogen (secondary N) is 1. The van der Waals surface area contributed by atoms with Crippen molar-refractivity contribution in [2.45, 2.75) is 13.2 Å². The van der Waals surface area contributed by atoms with E-state index in [2.05, 4.69) is 36.1 Å².